The summed E-state index contributed by atoms with van der Waals surface area (Å²) in [4.78, 5) is 12.3. The number of amides is 1. The molecule has 0 aliphatic rings. The average molecular weight is 397 g/mol. The van der Waals surface area contributed by atoms with E-state index in [1.807, 2.05) is 6.07 Å². The van der Waals surface area contributed by atoms with Crippen LogP contribution in [0.25, 0.3) is 6.08 Å². The van der Waals surface area contributed by atoms with Gasteiger partial charge in [-0.1, -0.05) is 21.9 Å². The summed E-state index contributed by atoms with van der Waals surface area (Å²) >= 11 is 3.34. The van der Waals surface area contributed by atoms with Crippen LogP contribution in [-0.4, -0.2) is 17.6 Å². The maximum Gasteiger partial charge on any atom is 0.266 e. The molecule has 25 heavy (non-hydrogen) atoms. The third-order valence-corrected chi connectivity index (χ3v) is 3.57. The van der Waals surface area contributed by atoms with Crippen molar-refractivity contribution in [2.75, 3.05) is 11.9 Å². The van der Waals surface area contributed by atoms with E-state index in [0.29, 0.717) is 17.0 Å². The first-order chi connectivity index (χ1) is 12.0. The van der Waals surface area contributed by atoms with E-state index in [9.17, 15) is 15.2 Å². The highest BCUT2D eigenvalue weighted by Gasteiger charge is 2.12. The zero-order chi connectivity index (χ0) is 18.2. The predicted molar refractivity (Wildman–Crippen MR) is 98.8 cm³/mol. The number of halogens is 1. The molecule has 2 rings (SSSR count). The van der Waals surface area contributed by atoms with Crippen LogP contribution in [0, 0.1) is 23.7 Å². The lowest BCUT2D eigenvalue weighted by Crippen LogP contribution is -2.13. The molecule has 2 aromatic rings. The molecule has 0 unspecified atom stereocenters. The van der Waals surface area contributed by atoms with Gasteiger partial charge in [-0.15, -0.1) is 6.42 Å². The Labute approximate surface area is 153 Å². The van der Waals surface area contributed by atoms with Gasteiger partial charge in [-0.2, -0.15) is 5.26 Å². The largest absolute Gasteiger partial charge is 0.508 e. The molecular weight excluding hydrogens is 384 g/mol. The molecule has 2 N–H and O–H groups in total. The number of nitriles is 1. The third kappa shape index (κ3) is 5.13. The first kappa shape index (κ1) is 18.1. The number of aromatic hydroxyl groups is 1. The van der Waals surface area contributed by atoms with Gasteiger partial charge in [0.15, 0.2) is 0 Å². The molecule has 2 aromatic carbocycles. The number of nitrogens with zero attached hydrogens (tertiary/aromatic N) is 1. The van der Waals surface area contributed by atoms with E-state index in [1.54, 1.807) is 18.2 Å². The van der Waals surface area contributed by atoms with Crippen molar-refractivity contribution < 1.29 is 14.6 Å². The summed E-state index contributed by atoms with van der Waals surface area (Å²) in [6, 6.07) is 13.0. The predicted octanol–water partition coefficient (Wildman–Crippen LogP) is 3.71. The van der Waals surface area contributed by atoms with Crippen molar-refractivity contribution in [3.8, 4) is 29.9 Å². The van der Waals surface area contributed by atoms with Crippen molar-refractivity contribution in [2.24, 2.45) is 0 Å². The zero-order valence-corrected chi connectivity index (χ0v) is 14.6. The number of terminal acetylenes is 1. The van der Waals surface area contributed by atoms with Crippen molar-refractivity contribution in [1.82, 2.24) is 0 Å². The van der Waals surface area contributed by atoms with Crippen LogP contribution in [0.2, 0.25) is 0 Å². The van der Waals surface area contributed by atoms with Crippen LogP contribution in [0.1, 0.15) is 5.56 Å². The highest BCUT2D eigenvalue weighted by atomic mass is 79.9. The lowest BCUT2D eigenvalue weighted by molar-refractivity contribution is -0.112. The molecule has 0 saturated heterocycles. The maximum atomic E-state index is 12.3. The summed E-state index contributed by atoms with van der Waals surface area (Å²) in [6.45, 7) is 0.0735. The molecule has 0 aliphatic carbocycles. The molecule has 124 valence electrons. The Morgan fingerprint density at radius 3 is 2.68 bits per heavy atom. The Balaban J connectivity index is 2.29. The minimum atomic E-state index is -0.573. The second kappa shape index (κ2) is 8.58. The Bertz CT molecular complexity index is 890. The van der Waals surface area contributed by atoms with E-state index >= 15 is 0 Å². The van der Waals surface area contributed by atoms with Crippen LogP contribution in [0.4, 0.5) is 5.69 Å². The van der Waals surface area contributed by atoms with Gasteiger partial charge in [-0.3, -0.25) is 4.79 Å². The topological polar surface area (TPSA) is 82.3 Å². The van der Waals surface area contributed by atoms with Crippen molar-refractivity contribution in [3.05, 3.63) is 58.1 Å². The standard InChI is InChI=1S/C19H13BrN2O3/c1-2-9-25-18-8-3-15(20)11-13(18)10-14(12-21)19(24)22-16-4-6-17(23)7-5-16/h1,3-8,10-11,23H,9H2,(H,22,24)/b14-10+. The number of hydrogen-bond donors (Lipinski definition) is 2. The van der Waals surface area contributed by atoms with Crippen LogP contribution in [0.3, 0.4) is 0 Å². The van der Waals surface area contributed by atoms with Crippen LogP contribution >= 0.6 is 15.9 Å². The summed E-state index contributed by atoms with van der Waals surface area (Å²) in [7, 11) is 0. The van der Waals surface area contributed by atoms with Gasteiger partial charge in [0, 0.05) is 15.7 Å². The lowest BCUT2D eigenvalue weighted by atomic mass is 10.1. The Morgan fingerprint density at radius 2 is 2.04 bits per heavy atom. The molecule has 5 nitrogen and oxygen atoms in total. The summed E-state index contributed by atoms with van der Waals surface area (Å²) in [5.74, 6) is 2.34. The number of rotatable bonds is 5. The van der Waals surface area contributed by atoms with E-state index in [0.717, 1.165) is 4.47 Å². The Hall–Kier alpha value is -3.22. The van der Waals surface area contributed by atoms with Gasteiger partial charge in [-0.05, 0) is 48.5 Å². The number of hydrogen-bond acceptors (Lipinski definition) is 4. The summed E-state index contributed by atoms with van der Waals surface area (Å²) in [6.07, 6.45) is 6.62. The van der Waals surface area contributed by atoms with Gasteiger partial charge in [-0.25, -0.2) is 0 Å². The number of ether oxygens (including phenoxy) is 1. The fourth-order valence-corrected chi connectivity index (χ4v) is 2.31. The highest BCUT2D eigenvalue weighted by molar-refractivity contribution is 9.10. The van der Waals surface area contributed by atoms with Crippen molar-refractivity contribution in [2.45, 2.75) is 0 Å². The Kier molecular flexibility index (Phi) is 6.22. The van der Waals surface area contributed by atoms with E-state index in [4.69, 9.17) is 11.2 Å². The fraction of sp³-hybridized carbons (Fsp3) is 0.0526. The van der Waals surface area contributed by atoms with Crippen molar-refractivity contribution >= 4 is 33.6 Å². The van der Waals surface area contributed by atoms with Crippen LogP contribution in [0.15, 0.2) is 52.5 Å². The quantitative estimate of drug-likeness (QED) is 0.349. The van der Waals surface area contributed by atoms with Crippen LogP contribution in [-0.2, 0) is 4.79 Å². The Morgan fingerprint density at radius 1 is 1.32 bits per heavy atom. The van der Waals surface area contributed by atoms with Gasteiger partial charge in [0.2, 0.25) is 0 Å². The molecule has 0 fully saturated rings. The summed E-state index contributed by atoms with van der Waals surface area (Å²) < 4.78 is 6.19. The minimum absolute atomic E-state index is 0.0735. The lowest BCUT2D eigenvalue weighted by Gasteiger charge is -2.08. The number of carbonyl (C=O) groups is 1. The molecule has 0 aliphatic heterocycles. The molecule has 0 radical (unpaired) electrons. The first-order valence-corrected chi connectivity index (χ1v) is 7.91. The van der Waals surface area contributed by atoms with Crippen LogP contribution < -0.4 is 10.1 Å². The van der Waals surface area contributed by atoms with Gasteiger partial charge in [0.05, 0.1) is 0 Å². The fourth-order valence-electron chi connectivity index (χ4n) is 1.93. The smallest absolute Gasteiger partial charge is 0.266 e. The second-order valence-electron chi connectivity index (χ2n) is 4.85. The molecule has 0 aromatic heterocycles. The molecular formula is C19H13BrN2O3. The van der Waals surface area contributed by atoms with Gasteiger partial charge in [0.25, 0.3) is 5.91 Å². The normalized spacial score (nSPS) is 10.4. The van der Waals surface area contributed by atoms with E-state index in [1.165, 1.54) is 30.3 Å². The minimum Gasteiger partial charge on any atom is -0.508 e. The number of nitrogens with one attached hydrogen (secondary N) is 1. The van der Waals surface area contributed by atoms with E-state index in [2.05, 4.69) is 27.2 Å². The zero-order valence-electron chi connectivity index (χ0n) is 13.0. The molecule has 0 bridgehead atoms. The third-order valence-electron chi connectivity index (χ3n) is 3.07. The molecule has 0 atom stereocenters. The summed E-state index contributed by atoms with van der Waals surface area (Å²) in [5.41, 5.74) is 0.903. The van der Waals surface area contributed by atoms with Gasteiger partial charge >= 0.3 is 0 Å². The monoisotopic (exact) mass is 396 g/mol. The van der Waals surface area contributed by atoms with Crippen LogP contribution in [0.5, 0.6) is 11.5 Å². The van der Waals surface area contributed by atoms with Crippen molar-refractivity contribution in [1.29, 1.82) is 5.26 Å². The number of phenols is 1. The second-order valence-corrected chi connectivity index (χ2v) is 5.76. The number of anilines is 1. The first-order valence-electron chi connectivity index (χ1n) is 7.11. The molecule has 1 amide bonds. The maximum absolute atomic E-state index is 12.3. The van der Waals surface area contributed by atoms with Crippen molar-refractivity contribution in [3.63, 3.8) is 0 Å². The highest BCUT2D eigenvalue weighted by Crippen LogP contribution is 2.26. The molecule has 0 heterocycles. The van der Waals surface area contributed by atoms with Gasteiger partial charge < -0.3 is 15.2 Å². The van der Waals surface area contributed by atoms with E-state index < -0.39 is 5.91 Å². The molecule has 0 saturated carbocycles. The molecule has 6 heteroatoms. The molecule has 0 spiro atoms. The summed E-state index contributed by atoms with van der Waals surface area (Å²) in [5, 5.41) is 21.2. The SMILES string of the molecule is C#CCOc1ccc(Br)cc1/C=C(\C#N)C(=O)Nc1ccc(O)cc1. The average Bonchev–Trinajstić information content (AvgIpc) is 2.60. The number of carbonyl (C=O) groups excluding carboxylic acids is 1. The van der Waals surface area contributed by atoms with Gasteiger partial charge in [0.1, 0.15) is 29.7 Å². The number of phenolic OH excluding ortho intramolecular Hbond substituents is 1. The number of benzene rings is 2. The van der Waals surface area contributed by atoms with E-state index in [-0.39, 0.29) is 17.9 Å².